The molecule has 0 saturated carbocycles. The minimum absolute atomic E-state index is 0.0946. The van der Waals surface area contributed by atoms with E-state index < -0.39 is 12.1 Å². The highest BCUT2D eigenvalue weighted by molar-refractivity contribution is 5.67. The number of carboxylic acids is 1. The van der Waals surface area contributed by atoms with E-state index in [0.717, 1.165) is 16.7 Å². The van der Waals surface area contributed by atoms with Crippen molar-refractivity contribution in [1.29, 1.82) is 0 Å². The third-order valence-electron chi connectivity index (χ3n) is 3.27. The van der Waals surface area contributed by atoms with Crippen LogP contribution >= 0.6 is 0 Å². The van der Waals surface area contributed by atoms with Gasteiger partial charge in [-0.3, -0.25) is 4.79 Å². The Kier molecular flexibility index (Phi) is 4.64. The van der Waals surface area contributed by atoms with Crippen LogP contribution in [0, 0.1) is 13.8 Å². The summed E-state index contributed by atoms with van der Waals surface area (Å²) in [4.78, 5) is 10.8. The van der Waals surface area contributed by atoms with Crippen LogP contribution in [-0.4, -0.2) is 44.5 Å². The van der Waals surface area contributed by atoms with Gasteiger partial charge in [-0.05, 0) is 29.8 Å². The molecule has 21 heavy (non-hydrogen) atoms. The third kappa shape index (κ3) is 3.63. The second-order valence-corrected chi connectivity index (χ2v) is 4.96. The minimum Gasteiger partial charge on any atom is -0.481 e. The zero-order valence-electron chi connectivity index (χ0n) is 12.3. The molecule has 1 N–H and O–H groups in total. The van der Waals surface area contributed by atoms with E-state index in [2.05, 4.69) is 21.6 Å². The first-order valence-corrected chi connectivity index (χ1v) is 6.59. The van der Waals surface area contributed by atoms with Crippen molar-refractivity contribution < 1.29 is 14.6 Å². The maximum absolute atomic E-state index is 10.8. The van der Waals surface area contributed by atoms with E-state index in [4.69, 9.17) is 9.84 Å². The lowest BCUT2D eigenvalue weighted by Crippen LogP contribution is -2.23. The first-order chi connectivity index (χ1) is 10.0. The Hall–Kier alpha value is -2.28. The lowest BCUT2D eigenvalue weighted by Gasteiger charge is -2.14. The summed E-state index contributed by atoms with van der Waals surface area (Å²) in [5, 5.41) is 20.5. The first-order valence-electron chi connectivity index (χ1n) is 6.59. The van der Waals surface area contributed by atoms with Gasteiger partial charge in [-0.2, -0.15) is 0 Å². The standard InChI is InChI=1S/C14H18N4O3/c1-9-4-5-12(10(2)6-9)14-15-16-17-18(14)8-11(21-3)7-13(19)20/h4-6,11H,7-8H2,1-3H3,(H,19,20). The Morgan fingerprint density at radius 1 is 1.43 bits per heavy atom. The predicted octanol–water partition coefficient (Wildman–Crippen LogP) is 1.45. The third-order valence-corrected chi connectivity index (χ3v) is 3.27. The summed E-state index contributed by atoms with van der Waals surface area (Å²) >= 11 is 0. The summed E-state index contributed by atoms with van der Waals surface area (Å²) < 4.78 is 6.76. The Bertz CT molecular complexity index is 639. The largest absolute Gasteiger partial charge is 0.481 e. The molecule has 1 heterocycles. The van der Waals surface area contributed by atoms with Crippen molar-refractivity contribution in [1.82, 2.24) is 20.2 Å². The fourth-order valence-corrected chi connectivity index (χ4v) is 2.20. The van der Waals surface area contributed by atoms with Crippen LogP contribution in [0.4, 0.5) is 0 Å². The van der Waals surface area contributed by atoms with Gasteiger partial charge in [0.15, 0.2) is 5.82 Å². The molecule has 2 aromatic rings. The average Bonchev–Trinajstić information content (AvgIpc) is 2.85. The van der Waals surface area contributed by atoms with E-state index in [0.29, 0.717) is 12.4 Å². The molecule has 1 aromatic carbocycles. The molecule has 0 spiro atoms. The molecular formula is C14H18N4O3. The number of benzene rings is 1. The van der Waals surface area contributed by atoms with Gasteiger partial charge in [0.05, 0.1) is 19.1 Å². The fourth-order valence-electron chi connectivity index (χ4n) is 2.20. The first kappa shape index (κ1) is 15.1. The van der Waals surface area contributed by atoms with Crippen molar-refractivity contribution in [2.45, 2.75) is 32.9 Å². The number of tetrazole rings is 1. The fraction of sp³-hybridized carbons (Fsp3) is 0.429. The van der Waals surface area contributed by atoms with Crippen molar-refractivity contribution in [2.75, 3.05) is 7.11 Å². The van der Waals surface area contributed by atoms with Gasteiger partial charge >= 0.3 is 5.97 Å². The Labute approximate surface area is 122 Å². The monoisotopic (exact) mass is 290 g/mol. The number of carbonyl (C=O) groups is 1. The molecule has 0 aliphatic carbocycles. The van der Waals surface area contributed by atoms with Crippen molar-refractivity contribution in [2.24, 2.45) is 0 Å². The molecule has 1 atom stereocenters. The Balaban J connectivity index is 2.27. The molecule has 0 bridgehead atoms. The number of rotatable bonds is 6. The number of ether oxygens (including phenoxy) is 1. The molecule has 2 rings (SSSR count). The highest BCUT2D eigenvalue weighted by atomic mass is 16.5. The van der Waals surface area contributed by atoms with Gasteiger partial charge in [0.25, 0.3) is 0 Å². The highest BCUT2D eigenvalue weighted by Gasteiger charge is 2.18. The number of methoxy groups -OCH3 is 1. The van der Waals surface area contributed by atoms with Gasteiger partial charge in [-0.15, -0.1) is 5.10 Å². The minimum atomic E-state index is -0.914. The van der Waals surface area contributed by atoms with E-state index >= 15 is 0 Å². The van der Waals surface area contributed by atoms with Gasteiger partial charge in [-0.1, -0.05) is 23.8 Å². The van der Waals surface area contributed by atoms with E-state index in [1.807, 2.05) is 26.0 Å². The summed E-state index contributed by atoms with van der Waals surface area (Å²) in [5.74, 6) is -0.303. The topological polar surface area (TPSA) is 90.1 Å². The molecular weight excluding hydrogens is 272 g/mol. The molecule has 1 aromatic heterocycles. The molecule has 112 valence electrons. The predicted molar refractivity (Wildman–Crippen MR) is 75.8 cm³/mol. The normalized spacial score (nSPS) is 12.3. The number of aryl methyl sites for hydroxylation is 2. The van der Waals surface area contributed by atoms with Gasteiger partial charge in [0.2, 0.25) is 0 Å². The summed E-state index contributed by atoms with van der Waals surface area (Å²) in [5.41, 5.74) is 3.16. The van der Waals surface area contributed by atoms with E-state index in [-0.39, 0.29) is 6.42 Å². The van der Waals surface area contributed by atoms with E-state index in [1.165, 1.54) is 7.11 Å². The van der Waals surface area contributed by atoms with Crippen LogP contribution < -0.4 is 0 Å². The van der Waals surface area contributed by atoms with Crippen molar-refractivity contribution in [3.63, 3.8) is 0 Å². The maximum Gasteiger partial charge on any atom is 0.306 e. The maximum atomic E-state index is 10.8. The second-order valence-electron chi connectivity index (χ2n) is 4.96. The Morgan fingerprint density at radius 3 is 2.81 bits per heavy atom. The highest BCUT2D eigenvalue weighted by Crippen LogP contribution is 2.22. The SMILES string of the molecule is COC(CC(=O)O)Cn1nnnc1-c1ccc(C)cc1C. The van der Waals surface area contributed by atoms with Crippen LogP contribution in [0.25, 0.3) is 11.4 Å². The molecule has 0 aliphatic heterocycles. The smallest absolute Gasteiger partial charge is 0.306 e. The van der Waals surface area contributed by atoms with Crippen LogP contribution in [0.5, 0.6) is 0 Å². The summed E-state index contributed by atoms with van der Waals surface area (Å²) in [6.07, 6.45) is -0.571. The van der Waals surface area contributed by atoms with E-state index in [1.54, 1.807) is 4.68 Å². The van der Waals surface area contributed by atoms with Crippen LogP contribution in [0.15, 0.2) is 18.2 Å². The second kappa shape index (κ2) is 6.45. The lowest BCUT2D eigenvalue weighted by molar-refractivity contribution is -0.140. The van der Waals surface area contributed by atoms with Crippen molar-refractivity contribution in [3.8, 4) is 11.4 Å². The number of nitrogens with zero attached hydrogens (tertiary/aromatic N) is 4. The molecule has 0 radical (unpaired) electrons. The number of hydrogen-bond donors (Lipinski definition) is 1. The lowest BCUT2D eigenvalue weighted by atomic mass is 10.1. The molecule has 0 amide bonds. The summed E-state index contributed by atoms with van der Waals surface area (Å²) in [7, 11) is 1.48. The zero-order valence-corrected chi connectivity index (χ0v) is 12.3. The van der Waals surface area contributed by atoms with Crippen LogP contribution in [-0.2, 0) is 16.1 Å². The molecule has 0 aliphatic rings. The quantitative estimate of drug-likeness (QED) is 0.866. The number of carboxylic acid groups (broad SMARTS) is 1. The number of aliphatic carboxylic acids is 1. The van der Waals surface area contributed by atoms with Crippen LogP contribution in [0.1, 0.15) is 17.5 Å². The molecule has 7 nitrogen and oxygen atoms in total. The van der Waals surface area contributed by atoms with Crippen LogP contribution in [0.3, 0.4) is 0 Å². The zero-order chi connectivity index (χ0) is 15.4. The van der Waals surface area contributed by atoms with E-state index in [9.17, 15) is 4.79 Å². The average molecular weight is 290 g/mol. The molecule has 7 heteroatoms. The number of aromatic nitrogens is 4. The molecule has 0 saturated heterocycles. The van der Waals surface area contributed by atoms with Gasteiger partial charge in [0, 0.05) is 12.7 Å². The molecule has 1 unspecified atom stereocenters. The van der Waals surface area contributed by atoms with Gasteiger partial charge in [0.1, 0.15) is 0 Å². The summed E-state index contributed by atoms with van der Waals surface area (Å²) in [6.45, 7) is 4.30. The van der Waals surface area contributed by atoms with Crippen LogP contribution in [0.2, 0.25) is 0 Å². The van der Waals surface area contributed by atoms with Gasteiger partial charge < -0.3 is 9.84 Å². The number of hydrogen-bond acceptors (Lipinski definition) is 5. The Morgan fingerprint density at radius 2 is 2.19 bits per heavy atom. The molecule has 0 fully saturated rings. The van der Waals surface area contributed by atoms with Crippen molar-refractivity contribution >= 4 is 5.97 Å². The van der Waals surface area contributed by atoms with Gasteiger partial charge in [-0.25, -0.2) is 4.68 Å². The summed E-state index contributed by atoms with van der Waals surface area (Å²) in [6, 6.07) is 6.01. The van der Waals surface area contributed by atoms with Crippen molar-refractivity contribution in [3.05, 3.63) is 29.3 Å².